The van der Waals surface area contributed by atoms with E-state index in [4.69, 9.17) is 5.73 Å². The van der Waals surface area contributed by atoms with E-state index in [1.54, 1.807) is 0 Å². The van der Waals surface area contributed by atoms with Crippen LogP contribution in [0.3, 0.4) is 0 Å². The molecule has 1 rings (SSSR count). The van der Waals surface area contributed by atoms with Gasteiger partial charge in [0.15, 0.2) is 0 Å². The van der Waals surface area contributed by atoms with E-state index in [1.165, 1.54) is 0 Å². The molecule has 15 heavy (non-hydrogen) atoms. The van der Waals surface area contributed by atoms with Crippen molar-refractivity contribution in [1.29, 1.82) is 0 Å². The van der Waals surface area contributed by atoms with E-state index in [2.05, 4.69) is 29.9 Å². The van der Waals surface area contributed by atoms with E-state index in [-0.39, 0.29) is 0 Å². The highest BCUT2D eigenvalue weighted by molar-refractivity contribution is 5.10. The van der Waals surface area contributed by atoms with E-state index < -0.39 is 0 Å². The maximum absolute atomic E-state index is 5.48. The third-order valence-corrected chi connectivity index (χ3v) is 2.18. The first-order chi connectivity index (χ1) is 7.11. The standard InChI is InChI=1S/C12H21N3/c1-9(2)7-11-8-10(3)14-12(15-11)5-4-6-13/h8-9H,4-7,13H2,1-3H3. The Bertz CT molecular complexity index is 308. The lowest BCUT2D eigenvalue weighted by Gasteiger charge is -2.07. The van der Waals surface area contributed by atoms with Crippen LogP contribution in [-0.4, -0.2) is 16.5 Å². The number of rotatable bonds is 5. The number of hydrogen-bond acceptors (Lipinski definition) is 3. The molecule has 0 aliphatic rings. The van der Waals surface area contributed by atoms with Gasteiger partial charge in [0.2, 0.25) is 0 Å². The zero-order valence-electron chi connectivity index (χ0n) is 9.95. The predicted molar refractivity (Wildman–Crippen MR) is 62.7 cm³/mol. The lowest BCUT2D eigenvalue weighted by molar-refractivity contribution is 0.627. The van der Waals surface area contributed by atoms with Gasteiger partial charge in [0.1, 0.15) is 5.82 Å². The Morgan fingerprint density at radius 3 is 2.67 bits per heavy atom. The SMILES string of the molecule is Cc1cc(CC(C)C)nc(CCCN)n1. The molecule has 0 bridgehead atoms. The third-order valence-electron chi connectivity index (χ3n) is 2.18. The molecule has 0 radical (unpaired) electrons. The molecular weight excluding hydrogens is 186 g/mol. The monoisotopic (exact) mass is 207 g/mol. The summed E-state index contributed by atoms with van der Waals surface area (Å²) in [6.45, 7) is 7.14. The molecule has 0 amide bonds. The molecule has 0 aliphatic heterocycles. The summed E-state index contributed by atoms with van der Waals surface area (Å²) in [5, 5.41) is 0. The molecule has 0 spiro atoms. The van der Waals surface area contributed by atoms with Crippen LogP contribution in [0.15, 0.2) is 6.07 Å². The average Bonchev–Trinajstić information content (AvgIpc) is 2.12. The van der Waals surface area contributed by atoms with Crippen LogP contribution in [-0.2, 0) is 12.8 Å². The normalized spacial score (nSPS) is 11.0. The number of aryl methyl sites for hydroxylation is 2. The molecule has 1 heterocycles. The van der Waals surface area contributed by atoms with Crippen molar-refractivity contribution in [3.63, 3.8) is 0 Å². The Kier molecular flexibility index (Phi) is 4.69. The first-order valence-corrected chi connectivity index (χ1v) is 5.65. The van der Waals surface area contributed by atoms with Gasteiger partial charge in [0.25, 0.3) is 0 Å². The summed E-state index contributed by atoms with van der Waals surface area (Å²) in [5.41, 5.74) is 7.70. The van der Waals surface area contributed by atoms with Gasteiger partial charge in [-0.1, -0.05) is 13.8 Å². The molecule has 2 N–H and O–H groups in total. The Labute approximate surface area is 92.1 Å². The first kappa shape index (κ1) is 12.1. The molecule has 0 unspecified atom stereocenters. The molecule has 0 fully saturated rings. The van der Waals surface area contributed by atoms with E-state index in [0.717, 1.165) is 36.5 Å². The van der Waals surface area contributed by atoms with Gasteiger partial charge in [0.05, 0.1) is 0 Å². The zero-order valence-corrected chi connectivity index (χ0v) is 9.95. The van der Waals surface area contributed by atoms with Gasteiger partial charge in [-0.2, -0.15) is 0 Å². The largest absolute Gasteiger partial charge is 0.330 e. The molecule has 0 aromatic carbocycles. The second-order valence-electron chi connectivity index (χ2n) is 4.41. The Morgan fingerprint density at radius 1 is 1.33 bits per heavy atom. The fourth-order valence-corrected chi connectivity index (χ4v) is 1.59. The van der Waals surface area contributed by atoms with E-state index in [9.17, 15) is 0 Å². The van der Waals surface area contributed by atoms with Crippen molar-refractivity contribution < 1.29 is 0 Å². The maximum Gasteiger partial charge on any atom is 0.128 e. The molecule has 3 nitrogen and oxygen atoms in total. The van der Waals surface area contributed by atoms with Gasteiger partial charge in [-0.25, -0.2) is 9.97 Å². The summed E-state index contributed by atoms with van der Waals surface area (Å²) in [6, 6.07) is 2.08. The minimum Gasteiger partial charge on any atom is -0.330 e. The summed E-state index contributed by atoms with van der Waals surface area (Å²) in [7, 11) is 0. The Hall–Kier alpha value is -0.960. The van der Waals surface area contributed by atoms with Gasteiger partial charge >= 0.3 is 0 Å². The highest BCUT2D eigenvalue weighted by Crippen LogP contribution is 2.08. The van der Waals surface area contributed by atoms with Crippen LogP contribution < -0.4 is 5.73 Å². The van der Waals surface area contributed by atoms with Gasteiger partial charge in [-0.3, -0.25) is 0 Å². The van der Waals surface area contributed by atoms with Crippen molar-refractivity contribution in [1.82, 2.24) is 9.97 Å². The molecule has 3 heteroatoms. The third kappa shape index (κ3) is 4.38. The molecule has 0 saturated carbocycles. The van der Waals surface area contributed by atoms with Crippen molar-refractivity contribution in [2.75, 3.05) is 6.54 Å². The first-order valence-electron chi connectivity index (χ1n) is 5.65. The summed E-state index contributed by atoms with van der Waals surface area (Å²) in [5.74, 6) is 1.58. The quantitative estimate of drug-likeness (QED) is 0.802. The minimum atomic E-state index is 0.640. The molecule has 0 atom stereocenters. The maximum atomic E-state index is 5.48. The van der Waals surface area contributed by atoms with Crippen molar-refractivity contribution in [2.45, 2.75) is 40.0 Å². The van der Waals surface area contributed by atoms with Crippen LogP contribution in [0, 0.1) is 12.8 Å². The lowest BCUT2D eigenvalue weighted by Crippen LogP contribution is -2.07. The molecular formula is C12H21N3. The van der Waals surface area contributed by atoms with E-state index in [0.29, 0.717) is 12.5 Å². The van der Waals surface area contributed by atoms with Gasteiger partial charge < -0.3 is 5.73 Å². The smallest absolute Gasteiger partial charge is 0.128 e. The minimum absolute atomic E-state index is 0.640. The number of aromatic nitrogens is 2. The van der Waals surface area contributed by atoms with Crippen molar-refractivity contribution in [3.8, 4) is 0 Å². The molecule has 84 valence electrons. The summed E-state index contributed by atoms with van der Waals surface area (Å²) < 4.78 is 0. The molecule has 1 aromatic rings. The van der Waals surface area contributed by atoms with Crippen LogP contribution >= 0.6 is 0 Å². The zero-order chi connectivity index (χ0) is 11.3. The summed E-state index contributed by atoms with van der Waals surface area (Å²) in [4.78, 5) is 8.96. The molecule has 0 aliphatic carbocycles. The summed E-state index contributed by atoms with van der Waals surface area (Å²) >= 11 is 0. The van der Waals surface area contributed by atoms with E-state index in [1.807, 2.05) is 6.92 Å². The predicted octanol–water partition coefficient (Wildman–Crippen LogP) is 1.87. The number of hydrogen-bond donors (Lipinski definition) is 1. The van der Waals surface area contributed by atoms with Gasteiger partial charge in [-0.05, 0) is 38.3 Å². The highest BCUT2D eigenvalue weighted by atomic mass is 14.9. The van der Waals surface area contributed by atoms with Crippen LogP contribution in [0.5, 0.6) is 0 Å². The Balaban J connectivity index is 2.75. The van der Waals surface area contributed by atoms with Crippen LogP contribution in [0.2, 0.25) is 0 Å². The van der Waals surface area contributed by atoms with Crippen molar-refractivity contribution in [3.05, 3.63) is 23.3 Å². The molecule has 1 aromatic heterocycles. The van der Waals surface area contributed by atoms with Crippen molar-refractivity contribution >= 4 is 0 Å². The fourth-order valence-electron chi connectivity index (χ4n) is 1.59. The fraction of sp³-hybridized carbons (Fsp3) is 0.667. The second kappa shape index (κ2) is 5.81. The summed E-state index contributed by atoms with van der Waals surface area (Å²) in [6.07, 6.45) is 2.88. The van der Waals surface area contributed by atoms with E-state index >= 15 is 0 Å². The van der Waals surface area contributed by atoms with Crippen LogP contribution in [0.4, 0.5) is 0 Å². The van der Waals surface area contributed by atoms with Gasteiger partial charge in [-0.15, -0.1) is 0 Å². The second-order valence-corrected chi connectivity index (χ2v) is 4.41. The lowest BCUT2D eigenvalue weighted by atomic mass is 10.1. The number of nitrogens with zero attached hydrogens (tertiary/aromatic N) is 2. The molecule has 0 saturated heterocycles. The van der Waals surface area contributed by atoms with Crippen molar-refractivity contribution in [2.24, 2.45) is 11.7 Å². The van der Waals surface area contributed by atoms with Gasteiger partial charge in [0, 0.05) is 17.8 Å². The average molecular weight is 207 g/mol. The number of nitrogens with two attached hydrogens (primary N) is 1. The topological polar surface area (TPSA) is 51.8 Å². The highest BCUT2D eigenvalue weighted by Gasteiger charge is 2.04. The van der Waals surface area contributed by atoms with Crippen LogP contribution in [0.25, 0.3) is 0 Å². The Morgan fingerprint density at radius 2 is 2.07 bits per heavy atom. The van der Waals surface area contributed by atoms with Crippen LogP contribution in [0.1, 0.15) is 37.5 Å².